The standard InChI is InChI=1S/C13H18BrNOS2/c1-8(14)5-9(2)15-13(16)12-6-10-7-17-4-3-11(10)18-12/h6,8-9H,3-5,7H2,1-2H3,(H,15,16). The monoisotopic (exact) mass is 347 g/mol. The summed E-state index contributed by atoms with van der Waals surface area (Å²) < 4.78 is 0. The molecule has 2 rings (SSSR count). The third kappa shape index (κ3) is 3.75. The van der Waals surface area contributed by atoms with E-state index >= 15 is 0 Å². The van der Waals surface area contributed by atoms with Crippen LogP contribution < -0.4 is 5.32 Å². The van der Waals surface area contributed by atoms with Gasteiger partial charge >= 0.3 is 0 Å². The van der Waals surface area contributed by atoms with Crippen molar-refractivity contribution >= 4 is 44.9 Å². The number of aryl methyl sites for hydroxylation is 1. The lowest BCUT2D eigenvalue weighted by atomic mass is 10.2. The van der Waals surface area contributed by atoms with Crippen molar-refractivity contribution < 1.29 is 4.79 Å². The first-order valence-corrected chi connectivity index (χ1v) is 9.09. The van der Waals surface area contributed by atoms with Gasteiger partial charge in [0.1, 0.15) is 0 Å². The average Bonchev–Trinajstić information content (AvgIpc) is 2.71. The second-order valence-electron chi connectivity index (χ2n) is 4.75. The summed E-state index contributed by atoms with van der Waals surface area (Å²) in [5.41, 5.74) is 1.36. The molecule has 2 nitrogen and oxygen atoms in total. The van der Waals surface area contributed by atoms with Gasteiger partial charge in [0.2, 0.25) is 0 Å². The van der Waals surface area contributed by atoms with Crippen molar-refractivity contribution in [2.24, 2.45) is 0 Å². The molecule has 5 heteroatoms. The molecule has 0 bridgehead atoms. The summed E-state index contributed by atoms with van der Waals surface area (Å²) in [4.78, 5) is 14.8. The minimum absolute atomic E-state index is 0.0834. The Morgan fingerprint density at radius 1 is 1.56 bits per heavy atom. The van der Waals surface area contributed by atoms with E-state index in [0.717, 1.165) is 23.5 Å². The topological polar surface area (TPSA) is 29.1 Å². The third-order valence-electron chi connectivity index (χ3n) is 2.91. The Labute approximate surface area is 125 Å². The van der Waals surface area contributed by atoms with Gasteiger partial charge in [0.15, 0.2) is 0 Å². The molecule has 2 atom stereocenters. The highest BCUT2D eigenvalue weighted by Gasteiger charge is 2.18. The van der Waals surface area contributed by atoms with Crippen LogP contribution in [0, 0.1) is 0 Å². The van der Waals surface area contributed by atoms with Crippen LogP contribution in [0.5, 0.6) is 0 Å². The van der Waals surface area contributed by atoms with Gasteiger partial charge in [0.05, 0.1) is 4.88 Å². The molecule has 0 radical (unpaired) electrons. The molecule has 0 saturated carbocycles. The Hall–Kier alpha value is -0.000000000000000111. The first-order valence-electron chi connectivity index (χ1n) is 6.20. The van der Waals surface area contributed by atoms with Gasteiger partial charge in [0, 0.05) is 21.5 Å². The van der Waals surface area contributed by atoms with E-state index in [0.29, 0.717) is 4.83 Å². The number of amides is 1. The smallest absolute Gasteiger partial charge is 0.261 e. The summed E-state index contributed by atoms with van der Waals surface area (Å²) in [5, 5.41) is 3.07. The summed E-state index contributed by atoms with van der Waals surface area (Å²) in [5.74, 6) is 2.33. The van der Waals surface area contributed by atoms with E-state index in [4.69, 9.17) is 0 Å². The zero-order valence-electron chi connectivity index (χ0n) is 10.7. The fraction of sp³-hybridized carbons (Fsp3) is 0.615. The highest BCUT2D eigenvalue weighted by molar-refractivity contribution is 9.09. The molecule has 1 aliphatic heterocycles. The Bertz CT molecular complexity index is 407. The van der Waals surface area contributed by atoms with Crippen molar-refractivity contribution in [3.8, 4) is 0 Å². The molecule has 0 spiro atoms. The van der Waals surface area contributed by atoms with E-state index in [9.17, 15) is 4.79 Å². The Morgan fingerprint density at radius 2 is 2.33 bits per heavy atom. The molecule has 1 aromatic rings. The number of carbonyl (C=O) groups excluding carboxylic acids is 1. The highest BCUT2D eigenvalue weighted by Crippen LogP contribution is 2.31. The first-order chi connectivity index (χ1) is 8.56. The molecule has 0 aliphatic carbocycles. The van der Waals surface area contributed by atoms with Gasteiger partial charge < -0.3 is 5.32 Å². The van der Waals surface area contributed by atoms with Crippen molar-refractivity contribution in [2.45, 2.75) is 43.3 Å². The molecule has 2 heterocycles. The van der Waals surface area contributed by atoms with E-state index < -0.39 is 0 Å². The van der Waals surface area contributed by atoms with E-state index in [1.54, 1.807) is 11.3 Å². The third-order valence-corrected chi connectivity index (χ3v) is 5.52. The number of rotatable bonds is 4. The molecule has 18 heavy (non-hydrogen) atoms. The maximum atomic E-state index is 12.1. The van der Waals surface area contributed by atoms with E-state index in [1.807, 2.05) is 11.8 Å². The van der Waals surface area contributed by atoms with Crippen LogP contribution in [0.15, 0.2) is 6.07 Å². The largest absolute Gasteiger partial charge is 0.349 e. The van der Waals surface area contributed by atoms with Gasteiger partial charge in [-0.2, -0.15) is 11.8 Å². The Morgan fingerprint density at radius 3 is 3.00 bits per heavy atom. The normalized spacial score (nSPS) is 17.9. The second kappa shape index (κ2) is 6.44. The lowest BCUT2D eigenvalue weighted by Crippen LogP contribution is -2.33. The Kier molecular flexibility index (Phi) is 5.15. The van der Waals surface area contributed by atoms with Crippen molar-refractivity contribution in [2.75, 3.05) is 5.75 Å². The number of thiophene rings is 1. The summed E-state index contributed by atoms with van der Waals surface area (Å²) >= 11 is 7.14. The van der Waals surface area contributed by atoms with Crippen LogP contribution in [-0.2, 0) is 12.2 Å². The summed E-state index contributed by atoms with van der Waals surface area (Å²) in [6, 6.07) is 2.28. The summed E-state index contributed by atoms with van der Waals surface area (Å²) in [6.45, 7) is 4.16. The van der Waals surface area contributed by atoms with Gasteiger partial charge in [-0.05, 0) is 37.1 Å². The van der Waals surface area contributed by atoms with Gasteiger partial charge in [-0.25, -0.2) is 0 Å². The van der Waals surface area contributed by atoms with Crippen LogP contribution in [0.2, 0.25) is 0 Å². The van der Waals surface area contributed by atoms with Crippen molar-refractivity contribution in [3.05, 3.63) is 21.4 Å². The first kappa shape index (κ1) is 14.4. The van der Waals surface area contributed by atoms with Crippen LogP contribution in [-0.4, -0.2) is 22.5 Å². The maximum Gasteiger partial charge on any atom is 0.261 e. The molecule has 0 aromatic carbocycles. The van der Waals surface area contributed by atoms with Gasteiger partial charge in [-0.15, -0.1) is 11.3 Å². The second-order valence-corrected chi connectivity index (χ2v) is 8.56. The number of thioether (sulfide) groups is 1. The number of nitrogens with one attached hydrogen (secondary N) is 1. The van der Waals surface area contributed by atoms with Gasteiger partial charge in [0.25, 0.3) is 5.91 Å². The zero-order valence-corrected chi connectivity index (χ0v) is 13.9. The van der Waals surface area contributed by atoms with Crippen LogP contribution in [0.1, 0.15) is 40.4 Å². The van der Waals surface area contributed by atoms with Crippen molar-refractivity contribution in [3.63, 3.8) is 0 Å². The lowest BCUT2D eigenvalue weighted by molar-refractivity contribution is 0.0943. The summed E-state index contributed by atoms with van der Waals surface area (Å²) in [6.07, 6.45) is 2.07. The van der Waals surface area contributed by atoms with Crippen LogP contribution in [0.3, 0.4) is 0 Å². The fourth-order valence-corrected chi connectivity index (χ4v) is 4.94. The molecule has 2 unspecified atom stereocenters. The lowest BCUT2D eigenvalue weighted by Gasteiger charge is -2.14. The number of hydrogen-bond donors (Lipinski definition) is 1. The highest BCUT2D eigenvalue weighted by atomic mass is 79.9. The number of hydrogen-bond acceptors (Lipinski definition) is 3. The molecule has 0 fully saturated rings. The van der Waals surface area contributed by atoms with Gasteiger partial charge in [-0.3, -0.25) is 4.79 Å². The van der Waals surface area contributed by atoms with Crippen molar-refractivity contribution in [1.29, 1.82) is 0 Å². The molecule has 0 saturated heterocycles. The zero-order chi connectivity index (χ0) is 13.1. The molecule has 100 valence electrons. The average molecular weight is 348 g/mol. The molecule has 1 aliphatic rings. The van der Waals surface area contributed by atoms with Crippen LogP contribution in [0.25, 0.3) is 0 Å². The van der Waals surface area contributed by atoms with E-state index in [-0.39, 0.29) is 11.9 Å². The molecule has 1 amide bonds. The maximum absolute atomic E-state index is 12.1. The predicted molar refractivity (Wildman–Crippen MR) is 84.1 cm³/mol. The van der Waals surface area contributed by atoms with Crippen LogP contribution in [0.4, 0.5) is 0 Å². The number of alkyl halides is 1. The van der Waals surface area contributed by atoms with Crippen molar-refractivity contribution in [1.82, 2.24) is 5.32 Å². The molecule has 1 N–H and O–H groups in total. The quantitative estimate of drug-likeness (QED) is 0.838. The number of fused-ring (bicyclic) bond motifs is 1. The summed E-state index contributed by atoms with van der Waals surface area (Å²) in [7, 11) is 0. The minimum Gasteiger partial charge on any atom is -0.349 e. The number of halogens is 1. The SMILES string of the molecule is CC(Br)CC(C)NC(=O)c1cc2c(s1)CCSC2. The molecule has 1 aromatic heterocycles. The minimum atomic E-state index is 0.0834. The van der Waals surface area contributed by atoms with E-state index in [2.05, 4.69) is 41.2 Å². The molecular weight excluding hydrogens is 330 g/mol. The Balaban J connectivity index is 1.98. The fourth-order valence-electron chi connectivity index (χ4n) is 2.10. The number of carbonyl (C=O) groups is 1. The van der Waals surface area contributed by atoms with Gasteiger partial charge in [-0.1, -0.05) is 22.9 Å². The van der Waals surface area contributed by atoms with E-state index in [1.165, 1.54) is 16.2 Å². The van der Waals surface area contributed by atoms with Crippen LogP contribution >= 0.6 is 39.0 Å². The molecular formula is C13H18BrNOS2. The predicted octanol–water partition coefficient (Wildman–Crippen LogP) is 3.83.